The van der Waals surface area contributed by atoms with Crippen molar-refractivity contribution >= 4 is 0 Å². The van der Waals surface area contributed by atoms with Crippen molar-refractivity contribution in [2.24, 2.45) is 0 Å². The van der Waals surface area contributed by atoms with Gasteiger partial charge in [0.1, 0.15) is 18.2 Å². The SMILES string of the molecule is COCC(O)CN(C)CCOc1cccc(F)c1. The molecule has 0 saturated heterocycles. The topological polar surface area (TPSA) is 41.9 Å². The molecule has 1 aromatic carbocycles. The normalized spacial score (nSPS) is 12.7. The molecule has 0 saturated carbocycles. The molecule has 0 fully saturated rings. The number of benzene rings is 1. The summed E-state index contributed by atoms with van der Waals surface area (Å²) in [4.78, 5) is 1.93. The third kappa shape index (κ3) is 5.95. The minimum absolute atomic E-state index is 0.309. The molecule has 0 heterocycles. The number of rotatable bonds is 8. The Morgan fingerprint density at radius 3 is 2.89 bits per heavy atom. The van der Waals surface area contributed by atoms with Gasteiger partial charge >= 0.3 is 0 Å². The molecule has 1 unspecified atom stereocenters. The minimum atomic E-state index is -0.505. The zero-order chi connectivity index (χ0) is 13.4. The predicted octanol–water partition coefficient (Wildman–Crippen LogP) is 1.14. The molecule has 0 spiro atoms. The van der Waals surface area contributed by atoms with Crippen LogP contribution in [0.1, 0.15) is 0 Å². The number of likely N-dealkylation sites (N-methyl/N-ethyl adjacent to an activating group) is 1. The largest absolute Gasteiger partial charge is 0.492 e. The first-order valence-electron chi connectivity index (χ1n) is 5.85. The lowest BCUT2D eigenvalue weighted by Gasteiger charge is -2.20. The van der Waals surface area contributed by atoms with Crippen molar-refractivity contribution in [2.75, 3.05) is 40.5 Å². The molecule has 5 heteroatoms. The molecule has 1 rings (SSSR count). The van der Waals surface area contributed by atoms with Gasteiger partial charge in [0.2, 0.25) is 0 Å². The van der Waals surface area contributed by atoms with E-state index in [-0.39, 0.29) is 5.82 Å². The van der Waals surface area contributed by atoms with Gasteiger partial charge in [0.05, 0.1) is 12.7 Å². The number of methoxy groups -OCH3 is 1. The van der Waals surface area contributed by atoms with Crippen LogP contribution in [0.4, 0.5) is 4.39 Å². The van der Waals surface area contributed by atoms with Crippen LogP contribution in [-0.4, -0.2) is 56.6 Å². The molecule has 102 valence electrons. The number of nitrogens with zero attached hydrogens (tertiary/aromatic N) is 1. The second kappa shape index (κ2) is 8.02. The quantitative estimate of drug-likeness (QED) is 0.758. The fraction of sp³-hybridized carbons (Fsp3) is 0.538. The van der Waals surface area contributed by atoms with Gasteiger partial charge in [0.25, 0.3) is 0 Å². The van der Waals surface area contributed by atoms with Gasteiger partial charge in [-0.05, 0) is 19.2 Å². The molecule has 0 amide bonds. The Morgan fingerprint density at radius 1 is 1.44 bits per heavy atom. The maximum Gasteiger partial charge on any atom is 0.126 e. The number of hydrogen-bond acceptors (Lipinski definition) is 4. The van der Waals surface area contributed by atoms with Gasteiger partial charge in [-0.1, -0.05) is 6.07 Å². The van der Waals surface area contributed by atoms with Crippen LogP contribution in [0.3, 0.4) is 0 Å². The van der Waals surface area contributed by atoms with Crippen LogP contribution in [-0.2, 0) is 4.74 Å². The molecule has 1 atom stereocenters. The van der Waals surface area contributed by atoms with E-state index in [1.165, 1.54) is 12.1 Å². The Morgan fingerprint density at radius 2 is 2.22 bits per heavy atom. The van der Waals surface area contributed by atoms with Crippen LogP contribution in [0.15, 0.2) is 24.3 Å². The van der Waals surface area contributed by atoms with E-state index in [4.69, 9.17) is 9.47 Å². The third-order valence-electron chi connectivity index (χ3n) is 2.42. The van der Waals surface area contributed by atoms with E-state index in [0.717, 1.165) is 0 Å². The lowest BCUT2D eigenvalue weighted by Crippen LogP contribution is -2.34. The van der Waals surface area contributed by atoms with Crippen molar-refractivity contribution in [1.29, 1.82) is 0 Å². The van der Waals surface area contributed by atoms with Gasteiger partial charge in [-0.3, -0.25) is 0 Å². The number of aliphatic hydroxyl groups is 1. The molecule has 0 aliphatic heterocycles. The van der Waals surface area contributed by atoms with Crippen molar-refractivity contribution in [1.82, 2.24) is 4.90 Å². The minimum Gasteiger partial charge on any atom is -0.492 e. The lowest BCUT2D eigenvalue weighted by atomic mass is 10.3. The van der Waals surface area contributed by atoms with Crippen LogP contribution in [0, 0.1) is 5.82 Å². The summed E-state index contributed by atoms with van der Waals surface area (Å²) in [5.74, 6) is 0.206. The maximum absolute atomic E-state index is 12.9. The molecule has 0 aromatic heterocycles. The summed E-state index contributed by atoms with van der Waals surface area (Å²) < 4.78 is 23.1. The zero-order valence-corrected chi connectivity index (χ0v) is 10.8. The molecule has 0 radical (unpaired) electrons. The highest BCUT2D eigenvalue weighted by atomic mass is 19.1. The Hall–Kier alpha value is -1.17. The summed E-state index contributed by atoms with van der Waals surface area (Å²) in [5, 5.41) is 9.52. The number of aliphatic hydroxyl groups excluding tert-OH is 1. The predicted molar refractivity (Wildman–Crippen MR) is 67.3 cm³/mol. The van der Waals surface area contributed by atoms with Crippen molar-refractivity contribution in [3.05, 3.63) is 30.1 Å². The summed E-state index contributed by atoms with van der Waals surface area (Å²) >= 11 is 0. The molecular weight excluding hydrogens is 237 g/mol. The van der Waals surface area contributed by atoms with Gasteiger partial charge in [-0.15, -0.1) is 0 Å². The molecule has 1 N–H and O–H groups in total. The van der Waals surface area contributed by atoms with Crippen LogP contribution < -0.4 is 4.74 Å². The lowest BCUT2D eigenvalue weighted by molar-refractivity contribution is 0.0410. The Bertz CT molecular complexity index is 349. The van der Waals surface area contributed by atoms with E-state index in [9.17, 15) is 9.50 Å². The second-order valence-electron chi connectivity index (χ2n) is 4.18. The van der Waals surface area contributed by atoms with E-state index in [0.29, 0.717) is 32.1 Å². The third-order valence-corrected chi connectivity index (χ3v) is 2.42. The zero-order valence-electron chi connectivity index (χ0n) is 10.8. The van der Waals surface area contributed by atoms with Gasteiger partial charge in [0, 0.05) is 26.3 Å². The van der Waals surface area contributed by atoms with Gasteiger partial charge in [-0.25, -0.2) is 4.39 Å². The molecule has 1 aromatic rings. The molecule has 18 heavy (non-hydrogen) atoms. The second-order valence-corrected chi connectivity index (χ2v) is 4.18. The standard InChI is InChI=1S/C13H20FNO3/c1-15(9-12(16)10-17-2)6-7-18-13-5-3-4-11(14)8-13/h3-5,8,12,16H,6-7,9-10H2,1-2H3. The highest BCUT2D eigenvalue weighted by molar-refractivity contribution is 5.22. The van der Waals surface area contributed by atoms with Crippen LogP contribution in [0.2, 0.25) is 0 Å². The van der Waals surface area contributed by atoms with Crippen molar-refractivity contribution in [3.63, 3.8) is 0 Å². The smallest absolute Gasteiger partial charge is 0.126 e. The summed E-state index contributed by atoms with van der Waals surface area (Å²) in [6.45, 7) is 1.92. The van der Waals surface area contributed by atoms with E-state index in [1.807, 2.05) is 11.9 Å². The summed E-state index contributed by atoms with van der Waals surface area (Å²) in [6, 6.07) is 6.04. The summed E-state index contributed by atoms with van der Waals surface area (Å²) in [6.07, 6.45) is -0.505. The van der Waals surface area contributed by atoms with Crippen molar-refractivity contribution in [2.45, 2.75) is 6.10 Å². The van der Waals surface area contributed by atoms with E-state index in [2.05, 4.69) is 0 Å². The first kappa shape index (κ1) is 14.9. The van der Waals surface area contributed by atoms with E-state index >= 15 is 0 Å². The Balaban J connectivity index is 2.21. The summed E-state index contributed by atoms with van der Waals surface area (Å²) in [7, 11) is 3.43. The monoisotopic (exact) mass is 257 g/mol. The average Bonchev–Trinajstić information content (AvgIpc) is 2.29. The molecule has 0 bridgehead atoms. The van der Waals surface area contributed by atoms with E-state index in [1.54, 1.807) is 19.2 Å². The maximum atomic E-state index is 12.9. The van der Waals surface area contributed by atoms with Crippen molar-refractivity contribution in [3.8, 4) is 5.75 Å². The van der Waals surface area contributed by atoms with E-state index < -0.39 is 6.10 Å². The van der Waals surface area contributed by atoms with Gasteiger partial charge in [-0.2, -0.15) is 0 Å². The average molecular weight is 257 g/mol. The number of halogens is 1. The fourth-order valence-electron chi connectivity index (χ4n) is 1.57. The summed E-state index contributed by atoms with van der Waals surface area (Å²) in [5.41, 5.74) is 0. The van der Waals surface area contributed by atoms with Crippen LogP contribution >= 0.6 is 0 Å². The highest BCUT2D eigenvalue weighted by Gasteiger charge is 2.07. The molecular formula is C13H20FNO3. The van der Waals surface area contributed by atoms with Gasteiger partial charge in [0.15, 0.2) is 0 Å². The fourth-order valence-corrected chi connectivity index (χ4v) is 1.57. The van der Waals surface area contributed by atoms with Crippen LogP contribution in [0.5, 0.6) is 5.75 Å². The van der Waals surface area contributed by atoms with Crippen molar-refractivity contribution < 1.29 is 19.0 Å². The Kier molecular flexibility index (Phi) is 6.64. The first-order valence-corrected chi connectivity index (χ1v) is 5.85. The number of hydrogen-bond donors (Lipinski definition) is 1. The molecule has 0 aliphatic rings. The highest BCUT2D eigenvalue weighted by Crippen LogP contribution is 2.11. The molecule has 4 nitrogen and oxygen atoms in total. The number of ether oxygens (including phenoxy) is 2. The van der Waals surface area contributed by atoms with Gasteiger partial charge < -0.3 is 19.5 Å². The Labute approximate surface area is 107 Å². The molecule has 0 aliphatic carbocycles. The van der Waals surface area contributed by atoms with Crippen LogP contribution in [0.25, 0.3) is 0 Å². The first-order chi connectivity index (χ1) is 8.61.